The maximum absolute atomic E-state index is 13.0. The smallest absolute Gasteiger partial charge is 0.270 e. The fourth-order valence-electron chi connectivity index (χ4n) is 1.91. The number of aryl methyl sites for hydroxylation is 2. The molecule has 0 fully saturated rings. The summed E-state index contributed by atoms with van der Waals surface area (Å²) in [6.07, 6.45) is -2.80. The molecule has 0 amide bonds. The number of nitro groups is 1. The highest BCUT2D eigenvalue weighted by Gasteiger charge is 2.18. The van der Waals surface area contributed by atoms with Gasteiger partial charge in [0.25, 0.3) is 12.1 Å². The maximum Gasteiger partial charge on any atom is 0.270 e. The second kappa shape index (κ2) is 5.28. The number of alkyl halides is 2. The van der Waals surface area contributed by atoms with Gasteiger partial charge in [0.15, 0.2) is 0 Å². The molecule has 1 aromatic carbocycles. The number of anilines is 1. The molecule has 1 heterocycles. The highest BCUT2D eigenvalue weighted by atomic mass is 19.3. The first-order chi connectivity index (χ1) is 9.40. The largest absolute Gasteiger partial charge is 0.294 e. The number of nitrogens with one attached hydrogen (secondary N) is 1. The zero-order chi connectivity index (χ0) is 14.9. The molecule has 1 N–H and O–H groups in total. The van der Waals surface area contributed by atoms with Crippen molar-refractivity contribution in [3.8, 4) is 0 Å². The molecule has 1 aromatic heterocycles. The first-order valence-electron chi connectivity index (χ1n) is 5.88. The minimum absolute atomic E-state index is 0.146. The highest BCUT2D eigenvalue weighted by molar-refractivity contribution is 5.56. The molecule has 0 atom stereocenters. The van der Waals surface area contributed by atoms with Gasteiger partial charge in [0, 0.05) is 29.1 Å². The second-order valence-electron chi connectivity index (χ2n) is 4.39. The van der Waals surface area contributed by atoms with Crippen LogP contribution >= 0.6 is 0 Å². The third kappa shape index (κ3) is 2.61. The van der Waals surface area contributed by atoms with Gasteiger partial charge in [0.1, 0.15) is 0 Å². The van der Waals surface area contributed by atoms with Gasteiger partial charge in [-0.25, -0.2) is 8.78 Å². The molecule has 0 spiro atoms. The van der Waals surface area contributed by atoms with E-state index in [0.717, 1.165) is 17.5 Å². The van der Waals surface area contributed by atoms with Crippen LogP contribution in [0.3, 0.4) is 0 Å². The molecule has 0 aliphatic heterocycles. The number of benzene rings is 1. The van der Waals surface area contributed by atoms with Crippen LogP contribution in [-0.4, -0.2) is 9.60 Å². The third-order valence-corrected chi connectivity index (χ3v) is 2.98. The summed E-state index contributed by atoms with van der Waals surface area (Å²) in [5.74, 6) is 0. The number of hydrogen-bond acceptors (Lipinski definition) is 3. The first kappa shape index (κ1) is 14.0. The molecule has 0 unspecified atom stereocenters. The number of nitro benzene ring substituents is 1. The Kier molecular flexibility index (Phi) is 3.69. The molecule has 2 aromatic rings. The summed E-state index contributed by atoms with van der Waals surface area (Å²) >= 11 is 0. The molecule has 106 valence electrons. The van der Waals surface area contributed by atoms with Crippen molar-refractivity contribution < 1.29 is 13.7 Å². The van der Waals surface area contributed by atoms with Crippen molar-refractivity contribution in [3.63, 3.8) is 0 Å². The van der Waals surface area contributed by atoms with Gasteiger partial charge in [-0.1, -0.05) is 0 Å². The average molecular weight is 281 g/mol. The monoisotopic (exact) mass is 281 g/mol. The Labute approximate surface area is 114 Å². The molecule has 0 aliphatic carbocycles. The van der Waals surface area contributed by atoms with Crippen LogP contribution in [0.1, 0.15) is 23.4 Å². The van der Waals surface area contributed by atoms with E-state index >= 15 is 0 Å². The van der Waals surface area contributed by atoms with Gasteiger partial charge in [-0.15, -0.1) is 0 Å². The molecule has 7 heteroatoms. The number of halogens is 2. The zero-order valence-electron chi connectivity index (χ0n) is 10.9. The summed E-state index contributed by atoms with van der Waals surface area (Å²) in [4.78, 5) is 9.95. The molecular weight excluding hydrogens is 268 g/mol. The van der Waals surface area contributed by atoms with Crippen LogP contribution in [0.2, 0.25) is 0 Å². The zero-order valence-corrected chi connectivity index (χ0v) is 10.9. The van der Waals surface area contributed by atoms with E-state index in [1.54, 1.807) is 4.68 Å². The third-order valence-electron chi connectivity index (χ3n) is 2.98. The Morgan fingerprint density at radius 1 is 1.20 bits per heavy atom. The van der Waals surface area contributed by atoms with Crippen molar-refractivity contribution >= 4 is 11.4 Å². The number of rotatable bonds is 4. The van der Waals surface area contributed by atoms with Crippen molar-refractivity contribution in [2.45, 2.75) is 20.3 Å². The molecule has 0 radical (unpaired) electrons. The van der Waals surface area contributed by atoms with E-state index in [9.17, 15) is 18.9 Å². The van der Waals surface area contributed by atoms with E-state index in [2.05, 4.69) is 5.43 Å². The number of aromatic nitrogens is 1. The van der Waals surface area contributed by atoms with Gasteiger partial charge in [0.05, 0.1) is 10.6 Å². The number of hydrogen-bond donors (Lipinski definition) is 1. The van der Waals surface area contributed by atoms with Crippen LogP contribution in [0.5, 0.6) is 0 Å². The van der Waals surface area contributed by atoms with Crippen LogP contribution in [0, 0.1) is 24.0 Å². The van der Waals surface area contributed by atoms with Crippen LogP contribution in [0.4, 0.5) is 20.2 Å². The van der Waals surface area contributed by atoms with Crippen LogP contribution in [0.25, 0.3) is 0 Å². The fourth-order valence-corrected chi connectivity index (χ4v) is 1.91. The Hall–Kier alpha value is -2.44. The molecule has 5 nitrogen and oxygen atoms in total. The molecule has 20 heavy (non-hydrogen) atoms. The second-order valence-corrected chi connectivity index (χ2v) is 4.39. The number of nitrogens with zero attached hydrogens (tertiary/aromatic N) is 2. The standard InChI is InChI=1S/C13H13F2N3O2/c1-8-3-4-9(2)17(8)16-12-6-5-10(18(19)20)7-11(12)13(14)15/h3-7,13,16H,1-2H3. The van der Waals surface area contributed by atoms with E-state index in [-0.39, 0.29) is 11.4 Å². The van der Waals surface area contributed by atoms with Crippen LogP contribution < -0.4 is 5.43 Å². The minimum atomic E-state index is -2.80. The van der Waals surface area contributed by atoms with Crippen molar-refractivity contribution in [1.82, 2.24) is 4.68 Å². The predicted octanol–water partition coefficient (Wildman–Crippen LogP) is 3.83. The summed E-state index contributed by atoms with van der Waals surface area (Å²) in [6, 6.07) is 7.06. The molecular formula is C13H13F2N3O2. The van der Waals surface area contributed by atoms with Crippen LogP contribution in [0.15, 0.2) is 30.3 Å². The summed E-state index contributed by atoms with van der Waals surface area (Å²) in [5, 5.41) is 10.6. The molecule has 0 saturated carbocycles. The van der Waals surface area contributed by atoms with Gasteiger partial charge in [0.2, 0.25) is 0 Å². The summed E-state index contributed by atoms with van der Waals surface area (Å²) in [7, 11) is 0. The van der Waals surface area contributed by atoms with Crippen molar-refractivity contribution in [3.05, 3.63) is 57.4 Å². The van der Waals surface area contributed by atoms with E-state index in [4.69, 9.17) is 0 Å². The van der Waals surface area contributed by atoms with Crippen molar-refractivity contribution in [2.24, 2.45) is 0 Å². The number of non-ortho nitro benzene ring substituents is 1. The highest BCUT2D eigenvalue weighted by Crippen LogP contribution is 2.31. The molecule has 0 bridgehead atoms. The van der Waals surface area contributed by atoms with Gasteiger partial charge in [-0.2, -0.15) is 0 Å². The molecule has 2 rings (SSSR count). The lowest BCUT2D eigenvalue weighted by Crippen LogP contribution is -2.14. The van der Waals surface area contributed by atoms with Crippen molar-refractivity contribution in [2.75, 3.05) is 5.43 Å². The Balaban J connectivity index is 2.44. The summed E-state index contributed by atoms with van der Waals surface area (Å²) < 4.78 is 27.7. The van der Waals surface area contributed by atoms with Crippen molar-refractivity contribution in [1.29, 1.82) is 0 Å². The van der Waals surface area contributed by atoms with E-state index in [1.807, 2.05) is 26.0 Å². The topological polar surface area (TPSA) is 60.1 Å². The predicted molar refractivity (Wildman–Crippen MR) is 71.0 cm³/mol. The van der Waals surface area contributed by atoms with E-state index in [0.29, 0.717) is 0 Å². The van der Waals surface area contributed by atoms with E-state index in [1.165, 1.54) is 12.1 Å². The Bertz CT molecular complexity index is 634. The van der Waals surface area contributed by atoms with Gasteiger partial charge < -0.3 is 0 Å². The van der Waals surface area contributed by atoms with Crippen LogP contribution in [-0.2, 0) is 0 Å². The van der Waals surface area contributed by atoms with E-state index < -0.39 is 16.9 Å². The Morgan fingerprint density at radius 3 is 2.30 bits per heavy atom. The van der Waals surface area contributed by atoms with Gasteiger partial charge in [-0.3, -0.25) is 20.2 Å². The normalized spacial score (nSPS) is 10.8. The molecule has 0 saturated heterocycles. The maximum atomic E-state index is 13.0. The van der Waals surface area contributed by atoms with Gasteiger partial charge in [-0.05, 0) is 32.0 Å². The summed E-state index contributed by atoms with van der Waals surface area (Å²) in [6.45, 7) is 3.65. The fraction of sp³-hybridized carbons (Fsp3) is 0.231. The lowest BCUT2D eigenvalue weighted by Gasteiger charge is -2.15. The summed E-state index contributed by atoms with van der Waals surface area (Å²) in [5.41, 5.74) is 3.94. The quantitative estimate of drug-likeness (QED) is 0.684. The molecule has 0 aliphatic rings. The van der Waals surface area contributed by atoms with Gasteiger partial charge >= 0.3 is 0 Å². The first-order valence-corrected chi connectivity index (χ1v) is 5.88. The Morgan fingerprint density at radius 2 is 1.80 bits per heavy atom. The minimum Gasteiger partial charge on any atom is -0.294 e. The lowest BCUT2D eigenvalue weighted by atomic mass is 10.1. The lowest BCUT2D eigenvalue weighted by molar-refractivity contribution is -0.385. The SMILES string of the molecule is Cc1ccc(C)n1Nc1ccc([N+](=O)[O-])cc1C(F)F. The average Bonchev–Trinajstić information content (AvgIpc) is 2.70.